The van der Waals surface area contributed by atoms with E-state index in [1.54, 1.807) is 0 Å². The number of rotatable bonds is 7. The third-order valence-electron chi connectivity index (χ3n) is 2.23. The minimum absolute atomic E-state index is 0.0199. The number of likely N-dealkylation sites (N-methyl/N-ethyl adjacent to an activating group) is 1. The highest BCUT2D eigenvalue weighted by molar-refractivity contribution is 5.44. The number of hydrogen-bond donors (Lipinski definition) is 1. The standard InChI is InChI=1S/C11H14F2N2O3/c1-2-14-5-6-18-10-4-3-8(15(16)17)7-9(10)11(12)13/h3-4,7,11,14H,2,5-6H2,1H3. The summed E-state index contributed by atoms with van der Waals surface area (Å²) in [5, 5.41) is 13.5. The molecule has 0 radical (unpaired) electrons. The van der Waals surface area contributed by atoms with Gasteiger partial charge in [0, 0.05) is 18.7 Å². The third-order valence-corrected chi connectivity index (χ3v) is 2.23. The Balaban J connectivity index is 2.80. The van der Waals surface area contributed by atoms with E-state index in [1.165, 1.54) is 6.07 Å². The van der Waals surface area contributed by atoms with E-state index in [-0.39, 0.29) is 18.0 Å². The summed E-state index contributed by atoms with van der Waals surface area (Å²) >= 11 is 0. The summed E-state index contributed by atoms with van der Waals surface area (Å²) < 4.78 is 30.6. The Bertz CT molecular complexity index is 413. The fraction of sp³-hybridized carbons (Fsp3) is 0.455. The Morgan fingerprint density at radius 1 is 1.50 bits per heavy atom. The highest BCUT2D eigenvalue weighted by Gasteiger charge is 2.18. The molecule has 7 heteroatoms. The summed E-state index contributed by atoms with van der Waals surface area (Å²) in [6.07, 6.45) is -2.81. The minimum atomic E-state index is -2.81. The fourth-order valence-electron chi connectivity index (χ4n) is 1.36. The van der Waals surface area contributed by atoms with Crippen molar-refractivity contribution in [2.24, 2.45) is 0 Å². The molecule has 1 rings (SSSR count). The van der Waals surface area contributed by atoms with Gasteiger partial charge in [0.1, 0.15) is 12.4 Å². The van der Waals surface area contributed by atoms with Crippen LogP contribution in [0.15, 0.2) is 18.2 Å². The summed E-state index contributed by atoms with van der Waals surface area (Å²) in [7, 11) is 0. The van der Waals surface area contributed by atoms with Crippen molar-refractivity contribution in [1.29, 1.82) is 0 Å². The molecule has 18 heavy (non-hydrogen) atoms. The first-order valence-corrected chi connectivity index (χ1v) is 5.46. The first kappa shape index (κ1) is 14.3. The summed E-state index contributed by atoms with van der Waals surface area (Å²) in [6, 6.07) is 3.19. The molecule has 100 valence electrons. The molecule has 0 aliphatic rings. The molecule has 0 fully saturated rings. The number of benzene rings is 1. The number of nitrogens with one attached hydrogen (secondary N) is 1. The number of nitro groups is 1. The molecule has 0 aliphatic carbocycles. The Kier molecular flexibility index (Phi) is 5.44. The smallest absolute Gasteiger partial charge is 0.270 e. The molecule has 0 bridgehead atoms. The normalized spacial score (nSPS) is 10.7. The lowest BCUT2D eigenvalue weighted by atomic mass is 10.2. The van der Waals surface area contributed by atoms with Gasteiger partial charge in [-0.05, 0) is 12.6 Å². The maximum Gasteiger partial charge on any atom is 0.270 e. The van der Waals surface area contributed by atoms with E-state index in [4.69, 9.17) is 4.74 Å². The number of ether oxygens (including phenoxy) is 1. The van der Waals surface area contributed by atoms with Crippen molar-refractivity contribution in [3.8, 4) is 5.75 Å². The molecule has 5 nitrogen and oxygen atoms in total. The van der Waals surface area contributed by atoms with Crippen LogP contribution in [0.4, 0.5) is 14.5 Å². The van der Waals surface area contributed by atoms with Crippen molar-refractivity contribution in [3.05, 3.63) is 33.9 Å². The number of nitrogens with zero attached hydrogens (tertiary/aromatic N) is 1. The zero-order valence-corrected chi connectivity index (χ0v) is 9.86. The van der Waals surface area contributed by atoms with Gasteiger partial charge in [0.25, 0.3) is 12.1 Å². The highest BCUT2D eigenvalue weighted by Crippen LogP contribution is 2.32. The van der Waals surface area contributed by atoms with Crippen LogP contribution in [0, 0.1) is 10.1 Å². The van der Waals surface area contributed by atoms with E-state index in [2.05, 4.69) is 5.32 Å². The molecule has 0 saturated heterocycles. The van der Waals surface area contributed by atoms with Crippen molar-refractivity contribution in [2.45, 2.75) is 13.3 Å². The highest BCUT2D eigenvalue weighted by atomic mass is 19.3. The Morgan fingerprint density at radius 2 is 2.22 bits per heavy atom. The molecule has 1 N–H and O–H groups in total. The van der Waals surface area contributed by atoms with E-state index in [0.717, 1.165) is 18.7 Å². The first-order chi connectivity index (χ1) is 8.56. The van der Waals surface area contributed by atoms with Crippen LogP contribution in [0.5, 0.6) is 5.75 Å². The van der Waals surface area contributed by atoms with Crippen molar-refractivity contribution in [3.63, 3.8) is 0 Å². The molecule has 0 aliphatic heterocycles. The van der Waals surface area contributed by atoms with E-state index in [0.29, 0.717) is 6.54 Å². The predicted octanol–water partition coefficient (Wildman–Crippen LogP) is 2.52. The zero-order chi connectivity index (χ0) is 13.5. The average Bonchev–Trinajstić information content (AvgIpc) is 2.34. The predicted molar refractivity (Wildman–Crippen MR) is 62.1 cm³/mol. The largest absolute Gasteiger partial charge is 0.492 e. The minimum Gasteiger partial charge on any atom is -0.492 e. The SMILES string of the molecule is CCNCCOc1ccc([N+](=O)[O-])cc1C(F)F. The van der Waals surface area contributed by atoms with Crippen LogP contribution < -0.4 is 10.1 Å². The monoisotopic (exact) mass is 260 g/mol. The Morgan fingerprint density at radius 3 is 2.78 bits per heavy atom. The van der Waals surface area contributed by atoms with Gasteiger partial charge in [0.05, 0.1) is 10.5 Å². The summed E-state index contributed by atoms with van der Waals surface area (Å²) in [5.74, 6) is -0.0199. The number of non-ortho nitro benzene ring substituents is 1. The molecule has 0 unspecified atom stereocenters. The second-order valence-electron chi connectivity index (χ2n) is 3.48. The molecule has 1 aromatic rings. The van der Waals surface area contributed by atoms with E-state index in [9.17, 15) is 18.9 Å². The van der Waals surface area contributed by atoms with E-state index >= 15 is 0 Å². The molecule has 0 heterocycles. The quantitative estimate of drug-likeness (QED) is 0.465. The maximum atomic E-state index is 12.7. The molecule has 1 aromatic carbocycles. The van der Waals surface area contributed by atoms with E-state index in [1.807, 2.05) is 6.92 Å². The molecule has 0 spiro atoms. The van der Waals surface area contributed by atoms with Crippen molar-refractivity contribution in [1.82, 2.24) is 5.32 Å². The summed E-state index contributed by atoms with van der Waals surface area (Å²) in [5.41, 5.74) is -0.829. The number of halogens is 2. The molecule has 0 atom stereocenters. The van der Waals surface area contributed by atoms with Gasteiger partial charge in [-0.15, -0.1) is 0 Å². The van der Waals surface area contributed by atoms with Crippen LogP contribution in [-0.4, -0.2) is 24.6 Å². The van der Waals surface area contributed by atoms with Gasteiger partial charge in [-0.2, -0.15) is 0 Å². The van der Waals surface area contributed by atoms with Gasteiger partial charge in [-0.3, -0.25) is 10.1 Å². The lowest BCUT2D eigenvalue weighted by Crippen LogP contribution is -2.20. The fourth-order valence-corrected chi connectivity index (χ4v) is 1.36. The van der Waals surface area contributed by atoms with Crippen molar-refractivity contribution >= 4 is 5.69 Å². The van der Waals surface area contributed by atoms with Crippen LogP contribution in [0.25, 0.3) is 0 Å². The van der Waals surface area contributed by atoms with Gasteiger partial charge in [0.15, 0.2) is 0 Å². The van der Waals surface area contributed by atoms with Crippen LogP contribution in [0.2, 0.25) is 0 Å². The van der Waals surface area contributed by atoms with Crippen molar-refractivity contribution in [2.75, 3.05) is 19.7 Å². The molecule has 0 amide bonds. The second-order valence-corrected chi connectivity index (χ2v) is 3.48. The summed E-state index contributed by atoms with van der Waals surface area (Å²) in [6.45, 7) is 3.42. The van der Waals surface area contributed by atoms with Crippen LogP contribution in [-0.2, 0) is 0 Å². The topological polar surface area (TPSA) is 64.4 Å². The van der Waals surface area contributed by atoms with Gasteiger partial charge >= 0.3 is 0 Å². The second kappa shape index (κ2) is 6.85. The Hall–Kier alpha value is -1.76. The van der Waals surface area contributed by atoms with Gasteiger partial charge in [-0.1, -0.05) is 6.92 Å². The summed E-state index contributed by atoms with van der Waals surface area (Å²) in [4.78, 5) is 9.78. The lowest BCUT2D eigenvalue weighted by molar-refractivity contribution is -0.385. The van der Waals surface area contributed by atoms with Crippen LogP contribution in [0.3, 0.4) is 0 Å². The Labute approximate surface area is 103 Å². The van der Waals surface area contributed by atoms with Crippen LogP contribution in [0.1, 0.15) is 18.9 Å². The van der Waals surface area contributed by atoms with Crippen LogP contribution >= 0.6 is 0 Å². The number of alkyl halides is 2. The molecule has 0 saturated carbocycles. The molecular formula is C11H14F2N2O3. The average molecular weight is 260 g/mol. The number of nitro benzene ring substituents is 1. The zero-order valence-electron chi connectivity index (χ0n) is 9.86. The lowest BCUT2D eigenvalue weighted by Gasteiger charge is -2.10. The van der Waals surface area contributed by atoms with Crippen molar-refractivity contribution < 1.29 is 18.4 Å². The first-order valence-electron chi connectivity index (χ1n) is 5.46. The molecule has 0 aromatic heterocycles. The molecular weight excluding hydrogens is 246 g/mol. The number of hydrogen-bond acceptors (Lipinski definition) is 4. The van der Waals surface area contributed by atoms with Gasteiger partial charge in [-0.25, -0.2) is 8.78 Å². The third kappa shape index (κ3) is 3.92. The van der Waals surface area contributed by atoms with Gasteiger partial charge < -0.3 is 10.1 Å². The van der Waals surface area contributed by atoms with Gasteiger partial charge in [0.2, 0.25) is 0 Å². The maximum absolute atomic E-state index is 12.7. The van der Waals surface area contributed by atoms with E-state index < -0.39 is 16.9 Å².